The average Bonchev–Trinajstić information content (AvgIpc) is 3.02. The van der Waals surface area contributed by atoms with Crippen molar-refractivity contribution in [3.05, 3.63) is 52.4 Å². The molecule has 1 aromatic heterocycles. The number of aryl methyl sites for hydroxylation is 1. The number of hydrogen-bond donors (Lipinski definition) is 2. The van der Waals surface area contributed by atoms with Crippen molar-refractivity contribution in [2.75, 3.05) is 6.61 Å². The van der Waals surface area contributed by atoms with Crippen molar-refractivity contribution in [2.24, 2.45) is 0 Å². The molecular weight excluding hydrogens is 334 g/mol. The first-order valence-corrected chi connectivity index (χ1v) is 7.81. The van der Waals surface area contributed by atoms with E-state index in [0.29, 0.717) is 36.0 Å². The van der Waals surface area contributed by atoms with Gasteiger partial charge in [-0.05, 0) is 49.2 Å². The average molecular weight is 352 g/mol. The number of nitrogens with one attached hydrogen (secondary N) is 1. The van der Waals surface area contributed by atoms with Crippen molar-refractivity contribution < 1.29 is 23.8 Å². The van der Waals surface area contributed by atoms with Gasteiger partial charge in [-0.25, -0.2) is 4.79 Å². The van der Waals surface area contributed by atoms with E-state index in [1.165, 1.54) is 12.1 Å². The van der Waals surface area contributed by atoms with Crippen LogP contribution in [0.4, 0.5) is 0 Å². The predicted molar refractivity (Wildman–Crippen MR) is 88.4 cm³/mol. The second kappa shape index (κ2) is 8.40. The monoisotopic (exact) mass is 351 g/mol. The Morgan fingerprint density at radius 2 is 2.08 bits per heavy atom. The number of aromatic carboxylic acids is 1. The van der Waals surface area contributed by atoms with E-state index < -0.39 is 5.97 Å². The Morgan fingerprint density at radius 3 is 2.75 bits per heavy atom. The molecule has 1 aromatic carbocycles. The lowest BCUT2D eigenvalue weighted by Gasteiger charge is -2.08. The van der Waals surface area contributed by atoms with Crippen molar-refractivity contribution in [3.8, 4) is 5.75 Å². The van der Waals surface area contributed by atoms with Crippen molar-refractivity contribution in [3.63, 3.8) is 0 Å². The third kappa shape index (κ3) is 5.31. The third-order valence-corrected chi connectivity index (χ3v) is 3.70. The molecule has 128 valence electrons. The summed E-state index contributed by atoms with van der Waals surface area (Å²) in [5.74, 6) is -0.324. The third-order valence-electron chi connectivity index (χ3n) is 3.28. The summed E-state index contributed by atoms with van der Waals surface area (Å²) in [4.78, 5) is 22.4. The Kier molecular flexibility index (Phi) is 6.26. The zero-order valence-electron chi connectivity index (χ0n) is 13.2. The summed E-state index contributed by atoms with van der Waals surface area (Å²) in [5, 5.41) is 12.1. The van der Waals surface area contributed by atoms with Gasteiger partial charge in [-0.15, -0.1) is 0 Å². The van der Waals surface area contributed by atoms with E-state index in [-0.39, 0.29) is 18.2 Å². The van der Waals surface area contributed by atoms with Crippen LogP contribution in [0.25, 0.3) is 0 Å². The fourth-order valence-corrected chi connectivity index (χ4v) is 2.11. The minimum atomic E-state index is -1.14. The topological polar surface area (TPSA) is 88.8 Å². The van der Waals surface area contributed by atoms with Gasteiger partial charge in [0.1, 0.15) is 11.5 Å². The quantitative estimate of drug-likeness (QED) is 0.711. The number of hydrogen-bond acceptors (Lipinski definition) is 4. The number of rotatable bonds is 8. The molecule has 2 N–H and O–H groups in total. The molecule has 1 heterocycles. The van der Waals surface area contributed by atoms with Crippen LogP contribution in [0.15, 0.2) is 34.7 Å². The van der Waals surface area contributed by atoms with Gasteiger partial charge >= 0.3 is 5.97 Å². The number of carbonyl (C=O) groups is 2. The van der Waals surface area contributed by atoms with Crippen LogP contribution in [0.3, 0.4) is 0 Å². The van der Waals surface area contributed by atoms with Crippen molar-refractivity contribution in [1.29, 1.82) is 0 Å². The first-order chi connectivity index (χ1) is 11.5. The number of carboxylic acids is 1. The molecule has 0 spiro atoms. The number of halogens is 1. The molecule has 0 aliphatic rings. The van der Waals surface area contributed by atoms with Gasteiger partial charge in [-0.1, -0.05) is 11.6 Å². The standard InChI is InChI=1S/C17H18ClNO5/c1-11-9-12(4-6-14(11)18)23-8-2-3-16(20)19-10-13-5-7-15(24-13)17(21)22/h4-7,9H,2-3,8,10H2,1H3,(H,19,20)(H,21,22). The van der Waals surface area contributed by atoms with E-state index in [1.807, 2.05) is 13.0 Å². The molecular formula is C17H18ClNO5. The van der Waals surface area contributed by atoms with E-state index >= 15 is 0 Å². The van der Waals surface area contributed by atoms with E-state index in [0.717, 1.165) is 5.56 Å². The smallest absolute Gasteiger partial charge is 0.371 e. The highest BCUT2D eigenvalue weighted by atomic mass is 35.5. The van der Waals surface area contributed by atoms with Gasteiger partial charge in [0.2, 0.25) is 11.7 Å². The van der Waals surface area contributed by atoms with Gasteiger partial charge < -0.3 is 19.6 Å². The highest BCUT2D eigenvalue weighted by Crippen LogP contribution is 2.21. The van der Waals surface area contributed by atoms with E-state index in [9.17, 15) is 9.59 Å². The number of amides is 1. The fraction of sp³-hybridized carbons (Fsp3) is 0.294. The Bertz CT molecular complexity index is 726. The van der Waals surface area contributed by atoms with Crippen LogP contribution < -0.4 is 10.1 Å². The summed E-state index contributed by atoms with van der Waals surface area (Å²) in [6.45, 7) is 2.47. The molecule has 0 aliphatic heterocycles. The normalized spacial score (nSPS) is 10.4. The Hall–Kier alpha value is -2.47. The van der Waals surface area contributed by atoms with Gasteiger partial charge in [0.05, 0.1) is 13.2 Å². The molecule has 2 aromatic rings. The molecule has 0 atom stereocenters. The molecule has 6 nitrogen and oxygen atoms in total. The number of benzene rings is 1. The first kappa shape index (κ1) is 17.9. The highest BCUT2D eigenvalue weighted by molar-refractivity contribution is 6.31. The van der Waals surface area contributed by atoms with Crippen molar-refractivity contribution in [2.45, 2.75) is 26.3 Å². The molecule has 24 heavy (non-hydrogen) atoms. The first-order valence-electron chi connectivity index (χ1n) is 7.43. The fourth-order valence-electron chi connectivity index (χ4n) is 1.99. The maximum atomic E-state index is 11.7. The summed E-state index contributed by atoms with van der Waals surface area (Å²) in [6, 6.07) is 8.28. The SMILES string of the molecule is Cc1cc(OCCCC(=O)NCc2ccc(C(=O)O)o2)ccc1Cl. The molecule has 0 saturated carbocycles. The van der Waals surface area contributed by atoms with E-state index in [1.54, 1.807) is 12.1 Å². The lowest BCUT2D eigenvalue weighted by atomic mass is 10.2. The zero-order chi connectivity index (χ0) is 17.5. The molecule has 2 rings (SSSR count). The van der Waals surface area contributed by atoms with Gasteiger partial charge in [0, 0.05) is 11.4 Å². The van der Waals surface area contributed by atoms with Crippen LogP contribution in [0.1, 0.15) is 34.7 Å². The van der Waals surface area contributed by atoms with Crippen molar-refractivity contribution >= 4 is 23.5 Å². The lowest BCUT2D eigenvalue weighted by molar-refractivity contribution is -0.121. The van der Waals surface area contributed by atoms with Crippen LogP contribution in [0.5, 0.6) is 5.75 Å². The van der Waals surface area contributed by atoms with Crippen LogP contribution >= 0.6 is 11.6 Å². The summed E-state index contributed by atoms with van der Waals surface area (Å²) in [5.41, 5.74) is 0.936. The summed E-state index contributed by atoms with van der Waals surface area (Å²) in [7, 11) is 0. The van der Waals surface area contributed by atoms with E-state index in [4.69, 9.17) is 25.9 Å². The van der Waals surface area contributed by atoms with Gasteiger partial charge in [0.15, 0.2) is 0 Å². The number of furan rings is 1. The summed E-state index contributed by atoms with van der Waals surface area (Å²) >= 11 is 5.94. The number of carbonyl (C=O) groups excluding carboxylic acids is 1. The summed E-state index contributed by atoms with van der Waals surface area (Å²) in [6.07, 6.45) is 0.866. The largest absolute Gasteiger partial charge is 0.494 e. The summed E-state index contributed by atoms with van der Waals surface area (Å²) < 4.78 is 10.6. The van der Waals surface area contributed by atoms with Gasteiger partial charge in [-0.3, -0.25) is 4.79 Å². The highest BCUT2D eigenvalue weighted by Gasteiger charge is 2.09. The Labute approximate surface area is 144 Å². The molecule has 1 amide bonds. The molecule has 0 saturated heterocycles. The molecule has 0 fully saturated rings. The zero-order valence-corrected chi connectivity index (χ0v) is 13.9. The van der Waals surface area contributed by atoms with Crippen LogP contribution in [-0.2, 0) is 11.3 Å². The molecule has 7 heteroatoms. The van der Waals surface area contributed by atoms with Gasteiger partial charge in [-0.2, -0.15) is 0 Å². The number of ether oxygens (including phenoxy) is 1. The molecule has 0 aliphatic carbocycles. The van der Waals surface area contributed by atoms with Crippen LogP contribution in [0, 0.1) is 6.92 Å². The van der Waals surface area contributed by atoms with E-state index in [2.05, 4.69) is 5.32 Å². The molecule has 0 bridgehead atoms. The van der Waals surface area contributed by atoms with Crippen molar-refractivity contribution in [1.82, 2.24) is 5.32 Å². The Morgan fingerprint density at radius 1 is 1.29 bits per heavy atom. The minimum absolute atomic E-state index is 0.147. The Balaban J connectivity index is 1.65. The minimum Gasteiger partial charge on any atom is -0.494 e. The second-order valence-electron chi connectivity index (χ2n) is 5.21. The maximum Gasteiger partial charge on any atom is 0.371 e. The molecule has 0 unspecified atom stereocenters. The lowest BCUT2D eigenvalue weighted by Crippen LogP contribution is -2.22. The predicted octanol–water partition coefficient (Wildman–Crippen LogP) is 3.42. The number of carboxylic acid groups (broad SMARTS) is 1. The maximum absolute atomic E-state index is 11.7. The second-order valence-corrected chi connectivity index (χ2v) is 5.62. The van der Waals surface area contributed by atoms with Crippen LogP contribution in [-0.4, -0.2) is 23.6 Å². The van der Waals surface area contributed by atoms with Crippen LogP contribution in [0.2, 0.25) is 5.02 Å². The molecule has 0 radical (unpaired) electrons. The van der Waals surface area contributed by atoms with Gasteiger partial charge in [0.25, 0.3) is 0 Å².